The first-order valence-electron chi connectivity index (χ1n) is 10.1. The van der Waals surface area contributed by atoms with Crippen LogP contribution in [0, 0.1) is 0 Å². The van der Waals surface area contributed by atoms with E-state index in [0.717, 1.165) is 27.7 Å². The standard InChI is InChI=1S/C23H24ClN3O4/c1-23(2,3)31-22(30)27-13-19-16(10-18(27)21(28)29)15-6-4-5-7-17(15)26(19)12-14-8-9-20(24)25-11-14/h4-9,11,18H,10,12-13H2,1-3H3,(H,28,29). The number of hydrogen-bond acceptors (Lipinski definition) is 4. The Kier molecular flexibility index (Phi) is 5.39. The summed E-state index contributed by atoms with van der Waals surface area (Å²) in [5.41, 5.74) is 3.07. The monoisotopic (exact) mass is 441 g/mol. The molecular weight excluding hydrogens is 418 g/mol. The molecule has 4 rings (SSSR count). The maximum absolute atomic E-state index is 12.9. The molecule has 0 aliphatic carbocycles. The van der Waals surface area contributed by atoms with E-state index in [1.54, 1.807) is 33.0 Å². The van der Waals surface area contributed by atoms with Gasteiger partial charge in [0.2, 0.25) is 0 Å². The van der Waals surface area contributed by atoms with Crippen molar-refractivity contribution in [2.75, 3.05) is 0 Å². The second kappa shape index (κ2) is 7.89. The first kappa shape index (κ1) is 21.2. The van der Waals surface area contributed by atoms with Crippen LogP contribution in [0.2, 0.25) is 5.15 Å². The number of carbonyl (C=O) groups is 2. The summed E-state index contributed by atoms with van der Waals surface area (Å²) in [6, 6.07) is 10.5. The number of aliphatic carboxylic acids is 1. The van der Waals surface area contributed by atoms with Crippen LogP contribution in [0.25, 0.3) is 10.9 Å². The van der Waals surface area contributed by atoms with Gasteiger partial charge in [0.15, 0.2) is 0 Å². The molecule has 3 heterocycles. The van der Waals surface area contributed by atoms with Crippen LogP contribution < -0.4 is 0 Å². The molecule has 31 heavy (non-hydrogen) atoms. The van der Waals surface area contributed by atoms with Crippen molar-refractivity contribution in [2.45, 2.75) is 51.9 Å². The highest BCUT2D eigenvalue weighted by Crippen LogP contribution is 2.34. The maximum Gasteiger partial charge on any atom is 0.411 e. The highest BCUT2D eigenvalue weighted by Gasteiger charge is 2.39. The number of ether oxygens (including phenoxy) is 1. The number of nitrogens with zero attached hydrogens (tertiary/aromatic N) is 3. The summed E-state index contributed by atoms with van der Waals surface area (Å²) in [4.78, 5) is 30.4. The maximum atomic E-state index is 12.9. The second-order valence-electron chi connectivity index (χ2n) is 8.68. The summed E-state index contributed by atoms with van der Waals surface area (Å²) in [6.07, 6.45) is 1.31. The number of carboxylic acids is 1. The molecule has 0 saturated carbocycles. The van der Waals surface area contributed by atoms with Crippen molar-refractivity contribution in [2.24, 2.45) is 0 Å². The van der Waals surface area contributed by atoms with Crippen LogP contribution in [0.15, 0.2) is 42.6 Å². The molecule has 162 valence electrons. The third-order valence-electron chi connectivity index (χ3n) is 5.33. The molecule has 1 N–H and O–H groups in total. The topological polar surface area (TPSA) is 84.7 Å². The fourth-order valence-corrected chi connectivity index (χ4v) is 4.12. The SMILES string of the molecule is CC(C)(C)OC(=O)N1Cc2c(c3ccccc3n2Cc2ccc(Cl)nc2)CC1C(=O)O. The van der Waals surface area contributed by atoms with E-state index in [9.17, 15) is 14.7 Å². The molecule has 0 fully saturated rings. The number of carbonyl (C=O) groups excluding carboxylic acids is 1. The van der Waals surface area contributed by atoms with Crippen LogP contribution >= 0.6 is 11.6 Å². The first-order chi connectivity index (χ1) is 14.6. The van der Waals surface area contributed by atoms with Gasteiger partial charge in [-0.15, -0.1) is 0 Å². The Labute approximate surface area is 185 Å². The summed E-state index contributed by atoms with van der Waals surface area (Å²) in [7, 11) is 0. The Morgan fingerprint density at radius 1 is 1.23 bits per heavy atom. The minimum Gasteiger partial charge on any atom is -0.480 e. The predicted molar refractivity (Wildman–Crippen MR) is 117 cm³/mol. The highest BCUT2D eigenvalue weighted by molar-refractivity contribution is 6.29. The molecule has 0 bridgehead atoms. The zero-order valence-electron chi connectivity index (χ0n) is 17.6. The van der Waals surface area contributed by atoms with Crippen molar-refractivity contribution in [3.05, 3.63) is 64.6 Å². The third kappa shape index (κ3) is 4.23. The lowest BCUT2D eigenvalue weighted by Crippen LogP contribution is -2.50. The fourth-order valence-electron chi connectivity index (χ4n) is 4.01. The largest absolute Gasteiger partial charge is 0.480 e. The van der Waals surface area contributed by atoms with Crippen molar-refractivity contribution in [1.29, 1.82) is 0 Å². The number of rotatable bonds is 3. The van der Waals surface area contributed by atoms with E-state index in [0.29, 0.717) is 11.7 Å². The molecule has 8 heteroatoms. The molecule has 1 amide bonds. The van der Waals surface area contributed by atoms with E-state index in [1.165, 1.54) is 4.90 Å². The molecule has 1 aliphatic rings. The lowest BCUT2D eigenvalue weighted by Gasteiger charge is -2.35. The van der Waals surface area contributed by atoms with Crippen LogP contribution in [0.4, 0.5) is 4.79 Å². The molecule has 1 unspecified atom stereocenters. The van der Waals surface area contributed by atoms with Crippen molar-refractivity contribution in [3.63, 3.8) is 0 Å². The first-order valence-corrected chi connectivity index (χ1v) is 10.4. The molecule has 1 aliphatic heterocycles. The zero-order chi connectivity index (χ0) is 22.3. The van der Waals surface area contributed by atoms with Crippen molar-refractivity contribution < 1.29 is 19.4 Å². The van der Waals surface area contributed by atoms with Gasteiger partial charge in [-0.25, -0.2) is 14.6 Å². The number of pyridine rings is 1. The Balaban J connectivity index is 1.80. The lowest BCUT2D eigenvalue weighted by molar-refractivity contribution is -0.143. The Bertz CT molecular complexity index is 1150. The van der Waals surface area contributed by atoms with E-state index in [1.807, 2.05) is 30.3 Å². The van der Waals surface area contributed by atoms with Crippen molar-refractivity contribution >= 4 is 34.6 Å². The van der Waals surface area contributed by atoms with Crippen molar-refractivity contribution in [1.82, 2.24) is 14.5 Å². The molecule has 7 nitrogen and oxygen atoms in total. The molecule has 0 saturated heterocycles. The summed E-state index contributed by atoms with van der Waals surface area (Å²) in [6.45, 7) is 5.97. The van der Waals surface area contributed by atoms with E-state index in [2.05, 4.69) is 9.55 Å². The number of aromatic nitrogens is 2. The van der Waals surface area contributed by atoms with E-state index in [4.69, 9.17) is 16.3 Å². The quantitative estimate of drug-likeness (QED) is 0.605. The molecule has 0 spiro atoms. The lowest BCUT2D eigenvalue weighted by atomic mass is 9.97. The van der Waals surface area contributed by atoms with Crippen LogP contribution in [0.1, 0.15) is 37.6 Å². The zero-order valence-corrected chi connectivity index (χ0v) is 18.4. The summed E-state index contributed by atoms with van der Waals surface area (Å²) < 4.78 is 7.62. The van der Waals surface area contributed by atoms with E-state index in [-0.39, 0.29) is 13.0 Å². The van der Waals surface area contributed by atoms with Gasteiger partial charge in [-0.2, -0.15) is 0 Å². The molecule has 0 radical (unpaired) electrons. The van der Waals surface area contributed by atoms with Crippen LogP contribution in [-0.4, -0.2) is 43.3 Å². The normalized spacial score (nSPS) is 16.3. The van der Waals surface area contributed by atoms with E-state index < -0.39 is 23.7 Å². The Hall–Kier alpha value is -3.06. The molecule has 1 aromatic carbocycles. The molecule has 3 aromatic rings. The number of fused-ring (bicyclic) bond motifs is 3. The van der Waals surface area contributed by atoms with Gasteiger partial charge in [0.25, 0.3) is 0 Å². The number of carboxylic acid groups (broad SMARTS) is 1. The van der Waals surface area contributed by atoms with Gasteiger partial charge >= 0.3 is 12.1 Å². The smallest absolute Gasteiger partial charge is 0.411 e. The third-order valence-corrected chi connectivity index (χ3v) is 5.55. The summed E-state index contributed by atoms with van der Waals surface area (Å²) >= 11 is 5.92. The number of hydrogen-bond donors (Lipinski definition) is 1. The number of amides is 1. The van der Waals surface area contributed by atoms with Gasteiger partial charge in [0.05, 0.1) is 6.54 Å². The van der Waals surface area contributed by atoms with Crippen molar-refractivity contribution in [3.8, 4) is 0 Å². The van der Waals surface area contributed by atoms with Gasteiger partial charge in [0, 0.05) is 35.8 Å². The minimum atomic E-state index is -1.05. The predicted octanol–water partition coefficient (Wildman–Crippen LogP) is 4.48. The molecule has 2 aromatic heterocycles. The van der Waals surface area contributed by atoms with Gasteiger partial charge < -0.3 is 14.4 Å². The number of para-hydroxylation sites is 1. The number of benzene rings is 1. The second-order valence-corrected chi connectivity index (χ2v) is 9.07. The average molecular weight is 442 g/mol. The fraction of sp³-hybridized carbons (Fsp3) is 0.348. The van der Waals surface area contributed by atoms with Crippen LogP contribution in [0.5, 0.6) is 0 Å². The minimum absolute atomic E-state index is 0.150. The van der Waals surface area contributed by atoms with Crippen LogP contribution in [-0.2, 0) is 29.0 Å². The summed E-state index contributed by atoms with van der Waals surface area (Å²) in [5.74, 6) is -1.05. The van der Waals surface area contributed by atoms with Crippen LogP contribution in [0.3, 0.4) is 0 Å². The molecular formula is C23H24ClN3O4. The van der Waals surface area contributed by atoms with Gasteiger partial charge in [0.1, 0.15) is 16.8 Å². The highest BCUT2D eigenvalue weighted by atomic mass is 35.5. The molecule has 1 atom stereocenters. The van der Waals surface area contributed by atoms with E-state index >= 15 is 0 Å². The van der Waals surface area contributed by atoms with Gasteiger partial charge in [-0.3, -0.25) is 4.90 Å². The average Bonchev–Trinajstić information content (AvgIpc) is 3.00. The van der Waals surface area contributed by atoms with Gasteiger partial charge in [-0.05, 0) is 44.0 Å². The Morgan fingerprint density at radius 2 is 1.97 bits per heavy atom. The summed E-state index contributed by atoms with van der Waals surface area (Å²) in [5, 5.41) is 11.3. The van der Waals surface area contributed by atoms with Gasteiger partial charge in [-0.1, -0.05) is 35.9 Å². The Morgan fingerprint density at radius 3 is 2.61 bits per heavy atom. The number of halogens is 1.